The summed E-state index contributed by atoms with van der Waals surface area (Å²) in [4.78, 5) is 22.5. The van der Waals surface area contributed by atoms with E-state index in [4.69, 9.17) is 9.47 Å². The molecule has 0 aromatic heterocycles. The first kappa shape index (κ1) is 37.2. The van der Waals surface area contributed by atoms with Crippen LogP contribution in [-0.4, -0.2) is 75.3 Å². The summed E-state index contributed by atoms with van der Waals surface area (Å²) in [5.74, 6) is -0.768. The monoisotopic (exact) mass is 612 g/mol. The van der Waals surface area contributed by atoms with Crippen molar-refractivity contribution >= 4 is 11.9 Å². The predicted octanol–water partition coefficient (Wildman–Crippen LogP) is -6.27. The predicted molar refractivity (Wildman–Crippen MR) is 137 cm³/mol. The number of aliphatic hydroxyl groups excluding tert-OH is 4. The molecule has 0 unspecified atom stereocenters. The first-order valence-corrected chi connectivity index (χ1v) is 15.2. The fourth-order valence-corrected chi connectivity index (χ4v) is 10.2. The molecular formula is C30H46Na2O10. The molecule has 10 nitrogen and oxygen atoms in total. The van der Waals surface area contributed by atoms with Gasteiger partial charge in [0.1, 0.15) is 24.4 Å². The molecule has 0 bridgehead atoms. The number of rotatable bonds is 7. The van der Waals surface area contributed by atoms with E-state index in [-0.39, 0.29) is 94.3 Å². The zero-order valence-electron chi connectivity index (χ0n) is 25.8. The van der Waals surface area contributed by atoms with Gasteiger partial charge in [-0.25, -0.2) is 0 Å². The van der Waals surface area contributed by atoms with Crippen molar-refractivity contribution in [1.82, 2.24) is 0 Å². The molecule has 12 heteroatoms. The summed E-state index contributed by atoms with van der Waals surface area (Å²) < 4.78 is 11.3. The van der Waals surface area contributed by atoms with Crippen molar-refractivity contribution < 1.29 is 109 Å². The summed E-state index contributed by atoms with van der Waals surface area (Å²) in [6, 6.07) is 0. The van der Waals surface area contributed by atoms with E-state index in [1.165, 1.54) is 0 Å². The smallest absolute Gasteiger partial charge is 0.550 e. The number of aliphatic hydroxyl groups is 4. The molecule has 4 aliphatic carbocycles. The Hall–Kier alpha value is 0.700. The number of aliphatic carboxylic acids is 2. The number of carbonyl (C=O) groups is 2. The Bertz CT molecular complexity index is 970. The van der Waals surface area contributed by atoms with Gasteiger partial charge in [-0.2, -0.15) is 0 Å². The van der Waals surface area contributed by atoms with E-state index in [2.05, 4.69) is 20.8 Å². The van der Waals surface area contributed by atoms with Crippen LogP contribution in [0.25, 0.3) is 0 Å². The number of carbonyl (C=O) groups excluding carboxylic acids is 2. The van der Waals surface area contributed by atoms with Gasteiger partial charge >= 0.3 is 59.1 Å². The van der Waals surface area contributed by atoms with Gasteiger partial charge in [0.2, 0.25) is 0 Å². The van der Waals surface area contributed by atoms with Crippen molar-refractivity contribution in [1.29, 1.82) is 0 Å². The van der Waals surface area contributed by atoms with Gasteiger partial charge in [-0.05, 0) is 111 Å². The van der Waals surface area contributed by atoms with Gasteiger partial charge in [-0.15, -0.1) is 0 Å². The van der Waals surface area contributed by atoms with Crippen LogP contribution in [0.5, 0.6) is 0 Å². The summed E-state index contributed by atoms with van der Waals surface area (Å²) in [7, 11) is 0. The van der Waals surface area contributed by atoms with Crippen molar-refractivity contribution in [3.05, 3.63) is 0 Å². The van der Waals surface area contributed by atoms with E-state index >= 15 is 0 Å². The Morgan fingerprint density at radius 2 is 1.55 bits per heavy atom. The van der Waals surface area contributed by atoms with Crippen LogP contribution in [0, 0.1) is 46.3 Å². The summed E-state index contributed by atoms with van der Waals surface area (Å²) in [5.41, 5.74) is 0.103. The number of carboxylic acid groups (broad SMARTS) is 2. The molecule has 4 N–H and O–H groups in total. The summed E-state index contributed by atoms with van der Waals surface area (Å²) >= 11 is 0. The minimum atomic E-state index is -1.82. The maximum atomic E-state index is 11.6. The van der Waals surface area contributed by atoms with E-state index in [1.807, 2.05) is 0 Å². The molecule has 5 aliphatic rings. The Morgan fingerprint density at radius 3 is 2.19 bits per heavy atom. The zero-order chi connectivity index (χ0) is 29.1. The molecule has 5 fully saturated rings. The summed E-state index contributed by atoms with van der Waals surface area (Å²) in [6.45, 7) is 6.88. The Kier molecular flexibility index (Phi) is 12.6. The van der Waals surface area contributed by atoms with Crippen molar-refractivity contribution in [2.75, 3.05) is 0 Å². The molecule has 42 heavy (non-hydrogen) atoms. The third kappa shape index (κ3) is 6.58. The minimum absolute atomic E-state index is 0. The van der Waals surface area contributed by atoms with Crippen LogP contribution >= 0.6 is 0 Å². The molecular weight excluding hydrogens is 566 g/mol. The topological polar surface area (TPSA) is 180 Å². The SMILES string of the molecule is C[C@H](CCC(=O)[O-])[C@H]1CC[C@H]2[C@@H]3[C@@H](O)C[C@@H]4C[C@H](O[C@@H]5O[C@H](C(=O)[O-])[C@@H](O)[C@H](O)[C@H]5O)CC[C@]4(C)[C@H]3CC[C@]12C.[Na+].[Na+]. The quantitative estimate of drug-likeness (QED) is 0.160. The standard InChI is InChI=1S/C30H48O10.2Na/c1-14(4-7-21(32)33)17-5-6-18-22-19(9-11-30(17,18)3)29(2)10-8-16(12-15(29)13-20(22)31)39-28-25(36)23(34)24(35)26(40-28)27(37)38;;/h14-20,22-26,28,31,34-36H,4-13H2,1-3H3,(H,32,33)(H,37,38);;/q;2*+1/p-2/t14-,15+,16-,17-,18+,19+,20+,22+,23+,24+,25-,26+,28-,29+,30-;;/m1../s1. The van der Waals surface area contributed by atoms with E-state index in [0.29, 0.717) is 49.4 Å². The van der Waals surface area contributed by atoms with Crippen molar-refractivity contribution in [3.63, 3.8) is 0 Å². The molecule has 1 saturated heterocycles. The number of hydrogen-bond acceptors (Lipinski definition) is 10. The van der Waals surface area contributed by atoms with Crippen molar-refractivity contribution in [3.8, 4) is 0 Å². The third-order valence-electron chi connectivity index (χ3n) is 12.3. The summed E-state index contributed by atoms with van der Waals surface area (Å²) in [5, 5.41) is 64.6. The van der Waals surface area contributed by atoms with Crippen molar-refractivity contribution in [2.45, 2.75) is 128 Å². The number of fused-ring (bicyclic) bond motifs is 5. The Balaban J connectivity index is 0.00000242. The van der Waals surface area contributed by atoms with Gasteiger partial charge in [0, 0.05) is 5.97 Å². The van der Waals surface area contributed by atoms with Gasteiger partial charge in [-0.1, -0.05) is 20.8 Å². The van der Waals surface area contributed by atoms with Crippen LogP contribution in [-0.2, 0) is 19.1 Å². The van der Waals surface area contributed by atoms with Crippen LogP contribution in [0.3, 0.4) is 0 Å². The number of ether oxygens (including phenoxy) is 2. The van der Waals surface area contributed by atoms with Crippen LogP contribution in [0.15, 0.2) is 0 Å². The van der Waals surface area contributed by atoms with Gasteiger partial charge < -0.3 is 49.7 Å². The van der Waals surface area contributed by atoms with E-state index < -0.39 is 48.7 Å². The molecule has 15 atom stereocenters. The average Bonchev–Trinajstić information content (AvgIpc) is 3.25. The first-order valence-electron chi connectivity index (χ1n) is 15.2. The van der Waals surface area contributed by atoms with Crippen LogP contribution in [0.4, 0.5) is 0 Å². The normalized spacial score (nSPS) is 48.8. The molecule has 0 amide bonds. The largest absolute Gasteiger partial charge is 1.00 e. The van der Waals surface area contributed by atoms with Crippen LogP contribution in [0.2, 0.25) is 0 Å². The summed E-state index contributed by atoms with van der Waals surface area (Å²) in [6.07, 6.45) is -1.38. The molecule has 1 heterocycles. The Labute approximate surface area is 292 Å². The maximum Gasteiger partial charge on any atom is 1.00 e. The maximum absolute atomic E-state index is 11.6. The minimum Gasteiger partial charge on any atom is -0.550 e. The van der Waals surface area contributed by atoms with Gasteiger partial charge in [-0.3, -0.25) is 0 Å². The van der Waals surface area contributed by atoms with Gasteiger partial charge in [0.25, 0.3) is 0 Å². The fraction of sp³-hybridized carbons (Fsp3) is 0.933. The second kappa shape index (κ2) is 14.2. The Morgan fingerprint density at radius 1 is 0.905 bits per heavy atom. The second-order valence-electron chi connectivity index (χ2n) is 14.2. The molecule has 1 aliphatic heterocycles. The molecule has 0 spiro atoms. The molecule has 228 valence electrons. The van der Waals surface area contributed by atoms with E-state index in [9.17, 15) is 40.2 Å². The number of hydrogen-bond donors (Lipinski definition) is 4. The molecule has 0 aromatic carbocycles. The van der Waals surface area contributed by atoms with Crippen molar-refractivity contribution in [2.24, 2.45) is 46.3 Å². The fourth-order valence-electron chi connectivity index (χ4n) is 10.2. The van der Waals surface area contributed by atoms with Gasteiger partial charge in [0.05, 0.1) is 18.2 Å². The zero-order valence-corrected chi connectivity index (χ0v) is 29.8. The first-order chi connectivity index (χ1) is 18.8. The van der Waals surface area contributed by atoms with Crippen LogP contribution < -0.4 is 69.3 Å². The van der Waals surface area contributed by atoms with E-state index in [0.717, 1.165) is 32.1 Å². The van der Waals surface area contributed by atoms with Crippen LogP contribution in [0.1, 0.15) is 85.0 Å². The molecule has 0 aromatic rings. The molecule has 5 rings (SSSR count). The average molecular weight is 613 g/mol. The number of carboxylic acids is 2. The molecule has 4 saturated carbocycles. The van der Waals surface area contributed by atoms with Gasteiger partial charge in [0.15, 0.2) is 6.29 Å². The third-order valence-corrected chi connectivity index (χ3v) is 12.3. The van der Waals surface area contributed by atoms with E-state index in [1.54, 1.807) is 0 Å². The molecule has 0 radical (unpaired) electrons. The second-order valence-corrected chi connectivity index (χ2v) is 14.2.